The minimum atomic E-state index is -0.220. The second-order valence-corrected chi connectivity index (χ2v) is 12.7. The van der Waals surface area contributed by atoms with E-state index in [2.05, 4.69) is 19.2 Å². The van der Waals surface area contributed by atoms with Gasteiger partial charge in [0, 0.05) is 6.54 Å². The van der Waals surface area contributed by atoms with Gasteiger partial charge in [-0.1, -0.05) is 206 Å². The Morgan fingerprint density at radius 3 is 0.925 bits per heavy atom. The second kappa shape index (κ2) is 36.3. The van der Waals surface area contributed by atoms with Gasteiger partial charge in [0.15, 0.2) is 0 Å². The van der Waals surface area contributed by atoms with Crippen LogP contribution in [0.5, 0.6) is 0 Å². The lowest BCUT2D eigenvalue weighted by atomic mass is 10.0. The first-order valence-corrected chi connectivity index (χ1v) is 18.7. The largest absolute Gasteiger partial charge is 0.450 e. The summed E-state index contributed by atoms with van der Waals surface area (Å²) >= 11 is 0. The van der Waals surface area contributed by atoms with E-state index in [4.69, 9.17) is 4.74 Å². The molecule has 240 valence electrons. The van der Waals surface area contributed by atoms with E-state index in [1.165, 1.54) is 193 Å². The molecule has 0 radical (unpaired) electrons. The monoisotopic (exact) mass is 566 g/mol. The molecule has 0 bridgehead atoms. The van der Waals surface area contributed by atoms with Gasteiger partial charge in [-0.25, -0.2) is 4.79 Å². The van der Waals surface area contributed by atoms with Crippen molar-refractivity contribution >= 4 is 6.09 Å². The van der Waals surface area contributed by atoms with Crippen LogP contribution in [0.3, 0.4) is 0 Å². The van der Waals surface area contributed by atoms with Crippen LogP contribution in [0.4, 0.5) is 4.79 Å². The van der Waals surface area contributed by atoms with Crippen LogP contribution >= 0.6 is 0 Å². The van der Waals surface area contributed by atoms with E-state index in [0.717, 1.165) is 19.4 Å². The number of hydrogen-bond acceptors (Lipinski definition) is 2. The Morgan fingerprint density at radius 2 is 0.625 bits per heavy atom. The van der Waals surface area contributed by atoms with Gasteiger partial charge < -0.3 is 10.1 Å². The zero-order valence-electron chi connectivity index (χ0n) is 27.9. The molecule has 0 aliphatic carbocycles. The third-order valence-electron chi connectivity index (χ3n) is 8.53. The Morgan fingerprint density at radius 1 is 0.375 bits per heavy atom. The number of ether oxygens (including phenoxy) is 1. The first kappa shape index (κ1) is 39.3. The summed E-state index contributed by atoms with van der Waals surface area (Å²) in [6.07, 6.45) is 43.7. The van der Waals surface area contributed by atoms with E-state index < -0.39 is 0 Å². The highest BCUT2D eigenvalue weighted by Gasteiger charge is 2.01. The summed E-state index contributed by atoms with van der Waals surface area (Å²) in [7, 11) is 0. The van der Waals surface area contributed by atoms with Gasteiger partial charge in [0.25, 0.3) is 0 Å². The Labute approximate surface area is 253 Å². The molecule has 0 fully saturated rings. The first-order valence-electron chi connectivity index (χ1n) is 18.7. The molecule has 3 nitrogen and oxygen atoms in total. The summed E-state index contributed by atoms with van der Waals surface area (Å²) < 4.78 is 5.34. The number of unbranched alkanes of at least 4 members (excludes halogenated alkanes) is 30. The highest BCUT2D eigenvalue weighted by Crippen LogP contribution is 2.15. The molecule has 0 rings (SSSR count). The van der Waals surface area contributed by atoms with Crippen molar-refractivity contribution in [2.24, 2.45) is 0 Å². The van der Waals surface area contributed by atoms with Crippen LogP contribution in [0, 0.1) is 0 Å². The van der Waals surface area contributed by atoms with Crippen LogP contribution in [-0.4, -0.2) is 19.2 Å². The lowest BCUT2D eigenvalue weighted by molar-refractivity contribution is 0.143. The molecule has 0 unspecified atom stereocenters. The summed E-state index contributed by atoms with van der Waals surface area (Å²) in [5.41, 5.74) is 0. The van der Waals surface area contributed by atoms with E-state index in [-0.39, 0.29) is 6.09 Å². The zero-order valence-corrected chi connectivity index (χ0v) is 27.9. The van der Waals surface area contributed by atoms with Crippen LogP contribution < -0.4 is 5.32 Å². The predicted octanol–water partition coefficient (Wildman–Crippen LogP) is 13.2. The molecule has 0 aromatic carbocycles. The normalized spacial score (nSPS) is 11.2. The molecule has 0 aromatic heterocycles. The van der Waals surface area contributed by atoms with Crippen molar-refractivity contribution in [3.05, 3.63) is 0 Å². The third kappa shape index (κ3) is 35.3. The minimum Gasteiger partial charge on any atom is -0.450 e. The second-order valence-electron chi connectivity index (χ2n) is 12.7. The maximum Gasteiger partial charge on any atom is 0.407 e. The van der Waals surface area contributed by atoms with E-state index in [9.17, 15) is 4.79 Å². The molecule has 3 heteroatoms. The van der Waals surface area contributed by atoms with Gasteiger partial charge in [0.1, 0.15) is 0 Å². The summed E-state index contributed by atoms with van der Waals surface area (Å²) in [6.45, 7) is 5.91. The molecule has 0 saturated heterocycles. The van der Waals surface area contributed by atoms with Gasteiger partial charge in [-0.2, -0.15) is 0 Å². The van der Waals surface area contributed by atoms with Gasteiger partial charge in [0.05, 0.1) is 6.61 Å². The standard InChI is InChI=1S/C37H75NO2/c1-3-5-7-9-11-13-15-17-19-21-23-25-27-29-31-33-35-38-37(39)40-36-34-32-30-28-26-24-22-20-18-16-14-12-10-8-6-4-2/h3-36H2,1-2H3,(H,38,39). The fourth-order valence-electron chi connectivity index (χ4n) is 5.73. The van der Waals surface area contributed by atoms with Crippen molar-refractivity contribution in [3.8, 4) is 0 Å². The van der Waals surface area contributed by atoms with Crippen molar-refractivity contribution < 1.29 is 9.53 Å². The summed E-state index contributed by atoms with van der Waals surface area (Å²) in [6, 6.07) is 0. The molecule has 0 saturated carbocycles. The highest BCUT2D eigenvalue weighted by molar-refractivity contribution is 5.66. The molecular weight excluding hydrogens is 490 g/mol. The van der Waals surface area contributed by atoms with Crippen molar-refractivity contribution in [1.29, 1.82) is 0 Å². The Kier molecular flexibility index (Phi) is 35.6. The molecule has 0 heterocycles. The third-order valence-corrected chi connectivity index (χ3v) is 8.53. The Balaban J connectivity index is 3.14. The minimum absolute atomic E-state index is 0.220. The molecule has 40 heavy (non-hydrogen) atoms. The highest BCUT2D eigenvalue weighted by atomic mass is 16.5. The SMILES string of the molecule is CCCCCCCCCCCCCCCCCCNC(=O)OCCCCCCCCCCCCCCCCCC. The van der Waals surface area contributed by atoms with Gasteiger partial charge in [-0.3, -0.25) is 0 Å². The van der Waals surface area contributed by atoms with Gasteiger partial charge in [-0.15, -0.1) is 0 Å². The number of alkyl carbamates (subject to hydrolysis) is 1. The maximum atomic E-state index is 11.8. The molecule has 0 aromatic rings. The van der Waals surface area contributed by atoms with Crippen LogP contribution in [0.15, 0.2) is 0 Å². The average Bonchev–Trinajstić information content (AvgIpc) is 2.96. The quantitative estimate of drug-likeness (QED) is 0.0788. The number of carbonyl (C=O) groups excluding carboxylic acids is 1. The van der Waals surface area contributed by atoms with Crippen molar-refractivity contribution in [3.63, 3.8) is 0 Å². The van der Waals surface area contributed by atoms with Crippen LogP contribution in [0.25, 0.3) is 0 Å². The predicted molar refractivity (Wildman–Crippen MR) is 178 cm³/mol. The van der Waals surface area contributed by atoms with E-state index in [1.807, 2.05) is 0 Å². The first-order chi connectivity index (χ1) is 19.8. The van der Waals surface area contributed by atoms with Gasteiger partial charge in [0.2, 0.25) is 0 Å². The average molecular weight is 566 g/mol. The zero-order chi connectivity index (χ0) is 29.0. The van der Waals surface area contributed by atoms with Crippen LogP contribution in [0.2, 0.25) is 0 Å². The number of nitrogens with one attached hydrogen (secondary N) is 1. The summed E-state index contributed by atoms with van der Waals surface area (Å²) in [4.78, 5) is 11.8. The van der Waals surface area contributed by atoms with E-state index in [1.54, 1.807) is 0 Å². The molecule has 0 aliphatic rings. The Hall–Kier alpha value is -0.730. The lowest BCUT2D eigenvalue weighted by Crippen LogP contribution is -2.25. The van der Waals surface area contributed by atoms with Gasteiger partial charge in [-0.05, 0) is 12.8 Å². The summed E-state index contributed by atoms with van der Waals surface area (Å²) in [5, 5.41) is 2.93. The molecule has 1 amide bonds. The van der Waals surface area contributed by atoms with Crippen molar-refractivity contribution in [1.82, 2.24) is 5.32 Å². The molecule has 0 spiro atoms. The smallest absolute Gasteiger partial charge is 0.407 e. The molecule has 0 atom stereocenters. The number of rotatable bonds is 34. The summed E-state index contributed by atoms with van der Waals surface area (Å²) in [5.74, 6) is 0. The van der Waals surface area contributed by atoms with E-state index >= 15 is 0 Å². The van der Waals surface area contributed by atoms with Gasteiger partial charge >= 0.3 is 6.09 Å². The number of carbonyl (C=O) groups is 1. The van der Waals surface area contributed by atoms with Crippen LogP contribution in [-0.2, 0) is 4.74 Å². The molecular formula is C37H75NO2. The lowest BCUT2D eigenvalue weighted by Gasteiger charge is -2.07. The van der Waals surface area contributed by atoms with Crippen molar-refractivity contribution in [2.45, 2.75) is 219 Å². The molecule has 1 N–H and O–H groups in total. The number of hydrogen-bond donors (Lipinski definition) is 1. The fourth-order valence-corrected chi connectivity index (χ4v) is 5.73. The fraction of sp³-hybridized carbons (Fsp3) is 0.973. The Bertz CT molecular complexity index is 427. The van der Waals surface area contributed by atoms with Crippen LogP contribution in [0.1, 0.15) is 219 Å². The number of amides is 1. The topological polar surface area (TPSA) is 38.3 Å². The van der Waals surface area contributed by atoms with Crippen molar-refractivity contribution in [2.75, 3.05) is 13.2 Å². The maximum absolute atomic E-state index is 11.8. The molecule has 0 aliphatic heterocycles. The van der Waals surface area contributed by atoms with E-state index in [0.29, 0.717) is 6.61 Å².